The second-order valence-corrected chi connectivity index (χ2v) is 4.90. The molecule has 3 rings (SSSR count). The van der Waals surface area contributed by atoms with Gasteiger partial charge < -0.3 is 24.6 Å². The van der Waals surface area contributed by atoms with Gasteiger partial charge in [0.25, 0.3) is 5.56 Å². The van der Waals surface area contributed by atoms with Crippen LogP contribution in [-0.4, -0.2) is 54.8 Å². The van der Waals surface area contributed by atoms with Crippen LogP contribution >= 0.6 is 11.6 Å². The molecule has 1 fully saturated rings. The maximum absolute atomic E-state index is 11.9. The number of nitrogens with one attached hydrogen (secondary N) is 1. The summed E-state index contributed by atoms with van der Waals surface area (Å²) in [5.74, 6) is 0. The van der Waals surface area contributed by atoms with E-state index in [0.717, 1.165) is 0 Å². The van der Waals surface area contributed by atoms with Crippen molar-refractivity contribution in [2.75, 3.05) is 6.61 Å². The Morgan fingerprint density at radius 2 is 2.20 bits per heavy atom. The third-order valence-corrected chi connectivity index (χ3v) is 3.51. The highest BCUT2D eigenvalue weighted by Crippen LogP contribution is 2.31. The number of aromatic amines is 1. The lowest BCUT2D eigenvalue weighted by Gasteiger charge is -2.17. The standard InChI is InChI=1S/C11H12ClN3O5/c12-11-13-4-1-2-15(6(4)9(19)14-11)10-8(18)7(17)5(3-16)20-10/h1-2,5,7-8,10,16-18H,3H2,(H,13,14,19)/t5-,7-,8-,10-/m1/s1. The number of ether oxygens (including phenoxy) is 1. The first-order valence-corrected chi connectivity index (χ1v) is 6.29. The van der Waals surface area contributed by atoms with Gasteiger partial charge in [-0.1, -0.05) is 0 Å². The number of aliphatic hydroxyl groups excluding tert-OH is 3. The molecule has 0 bridgehead atoms. The zero-order valence-electron chi connectivity index (χ0n) is 10.1. The van der Waals surface area contributed by atoms with Crippen molar-refractivity contribution >= 4 is 22.6 Å². The van der Waals surface area contributed by atoms with Gasteiger partial charge in [-0.05, 0) is 17.7 Å². The summed E-state index contributed by atoms with van der Waals surface area (Å²) in [5, 5.41) is 28.7. The number of hydrogen-bond acceptors (Lipinski definition) is 6. The topological polar surface area (TPSA) is 121 Å². The lowest BCUT2D eigenvalue weighted by molar-refractivity contribution is -0.0507. The van der Waals surface area contributed by atoms with Gasteiger partial charge in [0.15, 0.2) is 6.23 Å². The summed E-state index contributed by atoms with van der Waals surface area (Å²) in [6, 6.07) is 1.55. The van der Waals surface area contributed by atoms with E-state index in [1.165, 1.54) is 10.8 Å². The molecule has 0 aliphatic carbocycles. The van der Waals surface area contributed by atoms with Crippen LogP contribution in [0.4, 0.5) is 0 Å². The van der Waals surface area contributed by atoms with Crippen LogP contribution in [0.15, 0.2) is 17.1 Å². The minimum atomic E-state index is -1.27. The zero-order chi connectivity index (χ0) is 14.4. The van der Waals surface area contributed by atoms with E-state index in [2.05, 4.69) is 9.97 Å². The molecule has 108 valence electrons. The van der Waals surface area contributed by atoms with Crippen LogP contribution in [0.2, 0.25) is 5.28 Å². The van der Waals surface area contributed by atoms with E-state index in [0.29, 0.717) is 5.52 Å². The van der Waals surface area contributed by atoms with E-state index in [-0.39, 0.29) is 10.8 Å². The summed E-state index contributed by atoms with van der Waals surface area (Å²) in [6.45, 7) is -0.436. The minimum absolute atomic E-state index is 0.0404. The number of aromatic nitrogens is 3. The minimum Gasteiger partial charge on any atom is -0.394 e. The molecule has 1 aliphatic rings. The fraction of sp³-hybridized carbons (Fsp3) is 0.455. The van der Waals surface area contributed by atoms with Gasteiger partial charge in [0.1, 0.15) is 23.8 Å². The zero-order valence-corrected chi connectivity index (χ0v) is 10.9. The van der Waals surface area contributed by atoms with Gasteiger partial charge in [0, 0.05) is 6.20 Å². The number of aliphatic hydroxyl groups is 3. The van der Waals surface area contributed by atoms with Crippen LogP contribution in [0.3, 0.4) is 0 Å². The molecule has 0 spiro atoms. The van der Waals surface area contributed by atoms with Crippen molar-refractivity contribution in [2.45, 2.75) is 24.5 Å². The fourth-order valence-corrected chi connectivity index (χ4v) is 2.55. The van der Waals surface area contributed by atoms with E-state index < -0.39 is 36.7 Å². The van der Waals surface area contributed by atoms with Crippen molar-refractivity contribution in [3.63, 3.8) is 0 Å². The van der Waals surface area contributed by atoms with Crippen molar-refractivity contribution in [2.24, 2.45) is 0 Å². The molecule has 1 aliphatic heterocycles. The first-order chi connectivity index (χ1) is 9.52. The highest BCUT2D eigenvalue weighted by molar-refractivity contribution is 6.28. The van der Waals surface area contributed by atoms with Gasteiger partial charge in [-0.2, -0.15) is 0 Å². The molecular formula is C11H12ClN3O5. The van der Waals surface area contributed by atoms with E-state index in [1.54, 1.807) is 6.07 Å². The van der Waals surface area contributed by atoms with E-state index in [1.807, 2.05) is 0 Å². The molecule has 2 aromatic rings. The SMILES string of the molecule is O=c1[nH]c(Cl)nc2ccn([C@@H]3O[C@H](CO)[C@@H](O)[C@H]3O)c12. The van der Waals surface area contributed by atoms with E-state index in [9.17, 15) is 15.0 Å². The quantitative estimate of drug-likeness (QED) is 0.528. The summed E-state index contributed by atoms with van der Waals surface area (Å²) in [4.78, 5) is 18.2. The van der Waals surface area contributed by atoms with Crippen molar-refractivity contribution in [1.29, 1.82) is 0 Å². The summed E-state index contributed by atoms with van der Waals surface area (Å²) < 4.78 is 6.73. The molecule has 2 aromatic heterocycles. The van der Waals surface area contributed by atoms with Gasteiger partial charge in [-0.25, -0.2) is 4.98 Å². The first kappa shape index (κ1) is 13.5. The molecule has 3 heterocycles. The van der Waals surface area contributed by atoms with Crippen molar-refractivity contribution in [3.8, 4) is 0 Å². The number of H-pyrrole nitrogens is 1. The Morgan fingerprint density at radius 1 is 1.45 bits per heavy atom. The normalized spacial score (nSPS) is 30.2. The van der Waals surface area contributed by atoms with Gasteiger partial charge >= 0.3 is 0 Å². The first-order valence-electron chi connectivity index (χ1n) is 5.91. The highest BCUT2D eigenvalue weighted by atomic mass is 35.5. The number of fused-ring (bicyclic) bond motifs is 1. The monoisotopic (exact) mass is 301 g/mol. The van der Waals surface area contributed by atoms with Gasteiger partial charge in [-0.3, -0.25) is 9.78 Å². The molecule has 9 heteroatoms. The molecule has 8 nitrogen and oxygen atoms in total. The molecule has 0 aromatic carbocycles. The predicted octanol–water partition coefficient (Wildman–Crippen LogP) is -1.01. The summed E-state index contributed by atoms with van der Waals surface area (Å²) in [7, 11) is 0. The highest BCUT2D eigenvalue weighted by Gasteiger charge is 2.43. The van der Waals surface area contributed by atoms with E-state index in [4.69, 9.17) is 21.4 Å². The molecule has 20 heavy (non-hydrogen) atoms. The number of nitrogens with zero attached hydrogens (tertiary/aromatic N) is 2. The molecule has 0 amide bonds. The van der Waals surface area contributed by atoms with Crippen molar-refractivity contribution < 1.29 is 20.1 Å². The lowest BCUT2D eigenvalue weighted by Crippen LogP contribution is -2.33. The Kier molecular flexibility index (Phi) is 3.27. The Bertz CT molecular complexity index is 699. The van der Waals surface area contributed by atoms with Crippen LogP contribution < -0.4 is 5.56 Å². The predicted molar refractivity (Wildman–Crippen MR) is 68.4 cm³/mol. The molecule has 4 N–H and O–H groups in total. The largest absolute Gasteiger partial charge is 0.394 e. The van der Waals surface area contributed by atoms with Crippen LogP contribution in [0.25, 0.3) is 11.0 Å². The molecular weight excluding hydrogens is 290 g/mol. The summed E-state index contributed by atoms with van der Waals surface area (Å²) in [6.07, 6.45) is -2.89. The number of hydrogen-bond donors (Lipinski definition) is 4. The lowest BCUT2D eigenvalue weighted by atomic mass is 10.1. The second-order valence-electron chi connectivity index (χ2n) is 4.54. The maximum atomic E-state index is 11.9. The van der Waals surface area contributed by atoms with Crippen LogP contribution in [0.5, 0.6) is 0 Å². The van der Waals surface area contributed by atoms with Gasteiger partial charge in [0.2, 0.25) is 5.28 Å². The summed E-state index contributed by atoms with van der Waals surface area (Å²) >= 11 is 5.66. The van der Waals surface area contributed by atoms with Gasteiger partial charge in [0.05, 0.1) is 12.1 Å². The average molecular weight is 302 g/mol. The molecule has 0 unspecified atom stereocenters. The third kappa shape index (κ3) is 1.93. The third-order valence-electron chi connectivity index (χ3n) is 3.34. The van der Waals surface area contributed by atoms with Crippen molar-refractivity contribution in [3.05, 3.63) is 27.9 Å². The second kappa shape index (κ2) is 4.83. The molecule has 0 radical (unpaired) electrons. The average Bonchev–Trinajstić information content (AvgIpc) is 2.93. The smallest absolute Gasteiger partial charge is 0.276 e. The Balaban J connectivity index is 2.10. The Hall–Kier alpha value is -1.45. The van der Waals surface area contributed by atoms with E-state index >= 15 is 0 Å². The number of halogens is 1. The van der Waals surface area contributed by atoms with Crippen LogP contribution in [-0.2, 0) is 4.74 Å². The molecule has 4 atom stereocenters. The van der Waals surface area contributed by atoms with Crippen LogP contribution in [0.1, 0.15) is 6.23 Å². The summed E-state index contributed by atoms with van der Waals surface area (Å²) in [5.41, 5.74) is 0.0310. The molecule has 1 saturated heterocycles. The fourth-order valence-electron chi connectivity index (χ4n) is 2.37. The maximum Gasteiger partial charge on any atom is 0.276 e. The van der Waals surface area contributed by atoms with Crippen LogP contribution in [0, 0.1) is 0 Å². The Labute approximate surface area is 117 Å². The van der Waals surface area contributed by atoms with Crippen molar-refractivity contribution in [1.82, 2.24) is 14.5 Å². The number of rotatable bonds is 2. The molecule has 0 saturated carbocycles. The van der Waals surface area contributed by atoms with Gasteiger partial charge in [-0.15, -0.1) is 0 Å². The Morgan fingerprint density at radius 3 is 2.85 bits per heavy atom.